The number of fused-ring (bicyclic) bond motifs is 1. The Morgan fingerprint density at radius 2 is 1.79 bits per heavy atom. The van der Waals surface area contributed by atoms with Crippen LogP contribution in [0.4, 0.5) is 19.0 Å². The molecule has 2 aromatic carbocycles. The van der Waals surface area contributed by atoms with Crippen molar-refractivity contribution in [3.8, 4) is 11.3 Å². The van der Waals surface area contributed by atoms with Gasteiger partial charge in [0.1, 0.15) is 5.69 Å². The molecule has 0 aliphatic carbocycles. The van der Waals surface area contributed by atoms with E-state index in [1.165, 1.54) is 18.2 Å². The number of rotatable bonds is 6. The SMILES string of the molecule is C=CC(=O)N1C[C@@H](CN(C)C)[C@H](Nc2nnc(-c3ccc(C(F)(F)F)cc3)c3ccccc23)C1. The maximum absolute atomic E-state index is 13.0. The molecule has 3 aromatic rings. The fourth-order valence-corrected chi connectivity index (χ4v) is 4.41. The summed E-state index contributed by atoms with van der Waals surface area (Å²) in [4.78, 5) is 16.1. The van der Waals surface area contributed by atoms with E-state index in [0.717, 1.165) is 29.4 Å². The van der Waals surface area contributed by atoms with E-state index in [9.17, 15) is 18.0 Å². The average Bonchev–Trinajstić information content (AvgIpc) is 3.20. The Bertz CT molecular complexity index is 1190. The van der Waals surface area contributed by atoms with E-state index in [1.54, 1.807) is 4.90 Å². The lowest BCUT2D eigenvalue weighted by molar-refractivity contribution is -0.137. The first-order chi connectivity index (χ1) is 16.2. The van der Waals surface area contributed by atoms with Crippen molar-refractivity contribution in [2.75, 3.05) is 39.0 Å². The number of nitrogens with zero attached hydrogens (tertiary/aromatic N) is 4. The molecule has 34 heavy (non-hydrogen) atoms. The van der Waals surface area contributed by atoms with Crippen molar-refractivity contribution >= 4 is 22.5 Å². The highest BCUT2D eigenvalue weighted by atomic mass is 19.4. The molecule has 1 aromatic heterocycles. The maximum Gasteiger partial charge on any atom is 0.416 e. The molecule has 1 amide bonds. The van der Waals surface area contributed by atoms with Crippen LogP contribution in [0.1, 0.15) is 5.56 Å². The Morgan fingerprint density at radius 1 is 1.12 bits per heavy atom. The first-order valence-electron chi connectivity index (χ1n) is 10.9. The highest BCUT2D eigenvalue weighted by Gasteiger charge is 2.35. The van der Waals surface area contributed by atoms with Crippen LogP contribution >= 0.6 is 0 Å². The van der Waals surface area contributed by atoms with Gasteiger partial charge in [0.05, 0.1) is 11.6 Å². The first kappa shape index (κ1) is 23.7. The van der Waals surface area contributed by atoms with Crippen LogP contribution in [0, 0.1) is 5.92 Å². The highest BCUT2D eigenvalue weighted by Crippen LogP contribution is 2.34. The maximum atomic E-state index is 13.0. The number of halogens is 3. The molecule has 0 radical (unpaired) electrons. The van der Waals surface area contributed by atoms with E-state index in [0.29, 0.717) is 30.2 Å². The normalized spacial score (nSPS) is 18.5. The molecule has 1 N–H and O–H groups in total. The number of hydrogen-bond donors (Lipinski definition) is 1. The van der Waals surface area contributed by atoms with Gasteiger partial charge in [-0.25, -0.2) is 0 Å². The fourth-order valence-electron chi connectivity index (χ4n) is 4.41. The number of anilines is 1. The van der Waals surface area contributed by atoms with Crippen LogP contribution in [0.25, 0.3) is 22.0 Å². The van der Waals surface area contributed by atoms with Crippen molar-refractivity contribution in [2.24, 2.45) is 5.92 Å². The quantitative estimate of drug-likeness (QED) is 0.546. The van der Waals surface area contributed by atoms with Crippen LogP contribution in [0.5, 0.6) is 0 Å². The molecule has 0 spiro atoms. The van der Waals surface area contributed by atoms with Crippen LogP contribution in [-0.2, 0) is 11.0 Å². The van der Waals surface area contributed by atoms with Gasteiger partial charge < -0.3 is 15.1 Å². The minimum Gasteiger partial charge on any atom is -0.363 e. The zero-order chi connectivity index (χ0) is 24.5. The lowest BCUT2D eigenvalue weighted by atomic mass is 10.0. The summed E-state index contributed by atoms with van der Waals surface area (Å²) in [5, 5.41) is 13.8. The van der Waals surface area contributed by atoms with Crippen LogP contribution in [0.3, 0.4) is 0 Å². The zero-order valence-electron chi connectivity index (χ0n) is 19.0. The summed E-state index contributed by atoms with van der Waals surface area (Å²) in [6, 6.07) is 12.4. The van der Waals surface area contributed by atoms with E-state index < -0.39 is 11.7 Å². The van der Waals surface area contributed by atoms with Gasteiger partial charge in [-0.2, -0.15) is 13.2 Å². The molecule has 6 nitrogen and oxygen atoms in total. The van der Waals surface area contributed by atoms with Gasteiger partial charge in [-0.05, 0) is 32.3 Å². The molecule has 1 saturated heterocycles. The molecule has 0 bridgehead atoms. The molecule has 0 unspecified atom stereocenters. The Hall–Kier alpha value is -3.46. The van der Waals surface area contributed by atoms with Gasteiger partial charge >= 0.3 is 6.18 Å². The average molecular weight is 470 g/mol. The lowest BCUT2D eigenvalue weighted by Gasteiger charge is -2.23. The number of benzene rings is 2. The highest BCUT2D eigenvalue weighted by molar-refractivity contribution is 6.00. The van der Waals surface area contributed by atoms with Gasteiger partial charge in [0.15, 0.2) is 5.82 Å². The summed E-state index contributed by atoms with van der Waals surface area (Å²) in [5.74, 6) is 0.642. The van der Waals surface area contributed by atoms with Crippen LogP contribution < -0.4 is 5.32 Å². The van der Waals surface area contributed by atoms with Crippen molar-refractivity contribution in [1.82, 2.24) is 20.0 Å². The summed E-state index contributed by atoms with van der Waals surface area (Å²) in [5.41, 5.74) is 0.352. The summed E-state index contributed by atoms with van der Waals surface area (Å²) >= 11 is 0. The Morgan fingerprint density at radius 3 is 2.41 bits per heavy atom. The second-order valence-corrected chi connectivity index (χ2v) is 8.74. The first-order valence-corrected chi connectivity index (χ1v) is 10.9. The van der Waals surface area contributed by atoms with Crippen molar-refractivity contribution in [3.05, 3.63) is 66.7 Å². The number of likely N-dealkylation sites (tertiary alicyclic amines) is 1. The summed E-state index contributed by atoms with van der Waals surface area (Å²) < 4.78 is 38.9. The third kappa shape index (κ3) is 4.89. The van der Waals surface area contributed by atoms with Crippen molar-refractivity contribution in [1.29, 1.82) is 0 Å². The van der Waals surface area contributed by atoms with Crippen LogP contribution in [0.15, 0.2) is 61.2 Å². The van der Waals surface area contributed by atoms with E-state index in [-0.39, 0.29) is 17.9 Å². The van der Waals surface area contributed by atoms with E-state index in [4.69, 9.17) is 0 Å². The number of alkyl halides is 3. The van der Waals surface area contributed by atoms with Crippen molar-refractivity contribution in [3.63, 3.8) is 0 Å². The smallest absolute Gasteiger partial charge is 0.363 e. The molecular formula is C25H26F3N5O. The molecule has 4 rings (SSSR count). The van der Waals surface area contributed by atoms with Crippen LogP contribution in [-0.4, -0.2) is 65.7 Å². The predicted octanol–water partition coefficient (Wildman–Crippen LogP) is 4.30. The van der Waals surface area contributed by atoms with Crippen molar-refractivity contribution < 1.29 is 18.0 Å². The minimum atomic E-state index is -4.40. The Labute approximate surface area is 196 Å². The molecule has 1 aliphatic heterocycles. The minimum absolute atomic E-state index is 0.0408. The molecule has 0 saturated carbocycles. The number of hydrogen-bond acceptors (Lipinski definition) is 5. The Balaban J connectivity index is 1.67. The van der Waals surface area contributed by atoms with Gasteiger partial charge in [-0.3, -0.25) is 4.79 Å². The molecule has 9 heteroatoms. The summed E-state index contributed by atoms with van der Waals surface area (Å²) in [6.07, 6.45) is -3.07. The number of aromatic nitrogens is 2. The van der Waals surface area contributed by atoms with Gasteiger partial charge in [0, 0.05) is 41.9 Å². The van der Waals surface area contributed by atoms with Gasteiger partial charge in [0.25, 0.3) is 0 Å². The molecule has 2 atom stereocenters. The van der Waals surface area contributed by atoms with E-state index >= 15 is 0 Å². The molecule has 1 aliphatic rings. The second kappa shape index (κ2) is 9.42. The Kier molecular flexibility index (Phi) is 6.56. The zero-order valence-corrected chi connectivity index (χ0v) is 19.0. The monoisotopic (exact) mass is 469 g/mol. The molecule has 1 fully saturated rings. The predicted molar refractivity (Wildman–Crippen MR) is 126 cm³/mol. The number of amides is 1. The van der Waals surface area contributed by atoms with Gasteiger partial charge in [-0.1, -0.05) is 43.0 Å². The van der Waals surface area contributed by atoms with Gasteiger partial charge in [-0.15, -0.1) is 10.2 Å². The standard InChI is InChI=1S/C25H26F3N5O/c1-4-22(34)33-14-17(13-32(2)3)21(15-33)29-24-20-8-6-5-7-19(20)23(30-31-24)16-9-11-18(12-10-16)25(26,27)28/h4-12,17,21H,1,13-15H2,2-3H3,(H,29,31)/t17-,21-/m1/s1. The largest absolute Gasteiger partial charge is 0.416 e. The third-order valence-electron chi connectivity index (χ3n) is 6.02. The van der Waals surface area contributed by atoms with E-state index in [1.807, 2.05) is 38.4 Å². The topological polar surface area (TPSA) is 61.4 Å². The number of nitrogens with one attached hydrogen (secondary N) is 1. The number of carbonyl (C=O) groups is 1. The summed E-state index contributed by atoms with van der Waals surface area (Å²) in [6.45, 7) is 5.50. The number of carbonyl (C=O) groups excluding carboxylic acids is 1. The van der Waals surface area contributed by atoms with Crippen LogP contribution in [0.2, 0.25) is 0 Å². The van der Waals surface area contributed by atoms with Gasteiger partial charge in [0.2, 0.25) is 5.91 Å². The van der Waals surface area contributed by atoms with Crippen molar-refractivity contribution in [2.45, 2.75) is 12.2 Å². The second-order valence-electron chi connectivity index (χ2n) is 8.74. The van der Waals surface area contributed by atoms with E-state index in [2.05, 4.69) is 27.0 Å². The third-order valence-corrected chi connectivity index (χ3v) is 6.02. The molecule has 2 heterocycles. The molecule has 178 valence electrons. The lowest BCUT2D eigenvalue weighted by Crippen LogP contribution is -2.35. The molecular weight excluding hydrogens is 443 g/mol. The fraction of sp³-hybridized carbons (Fsp3) is 0.320. The summed E-state index contributed by atoms with van der Waals surface area (Å²) in [7, 11) is 3.98.